The maximum absolute atomic E-state index is 13.3. The first kappa shape index (κ1) is 19.7. The summed E-state index contributed by atoms with van der Waals surface area (Å²) in [7, 11) is 0. The molecule has 3 aromatic rings. The van der Waals surface area contributed by atoms with Crippen molar-refractivity contribution in [3.8, 4) is 5.75 Å². The highest BCUT2D eigenvalue weighted by atomic mass is 16.5. The van der Waals surface area contributed by atoms with Gasteiger partial charge in [-0.2, -0.15) is 0 Å². The molecule has 0 bridgehead atoms. The van der Waals surface area contributed by atoms with E-state index in [0.717, 1.165) is 48.3 Å². The van der Waals surface area contributed by atoms with Crippen LogP contribution < -0.4 is 4.74 Å². The molecule has 29 heavy (non-hydrogen) atoms. The lowest BCUT2D eigenvalue weighted by Gasteiger charge is -2.26. The van der Waals surface area contributed by atoms with Crippen LogP contribution in [0.15, 0.2) is 46.9 Å². The monoisotopic (exact) mass is 391 g/mol. The predicted molar refractivity (Wildman–Crippen MR) is 116 cm³/mol. The SMILES string of the molecule is CCOc1ccc(C(=O)c2oc3ccc(C)cc3c2CCN2CCCCC2)cc1. The minimum Gasteiger partial charge on any atom is -0.494 e. The number of rotatable bonds is 7. The van der Waals surface area contributed by atoms with E-state index in [2.05, 4.69) is 17.9 Å². The summed E-state index contributed by atoms with van der Waals surface area (Å²) in [6, 6.07) is 13.5. The second-order valence-electron chi connectivity index (χ2n) is 7.85. The lowest BCUT2D eigenvalue weighted by molar-refractivity contribution is 0.101. The number of hydrogen-bond acceptors (Lipinski definition) is 4. The predicted octanol–water partition coefficient (Wildman–Crippen LogP) is 5.40. The Bertz CT molecular complexity index is 981. The highest BCUT2D eigenvalue weighted by molar-refractivity contribution is 6.10. The molecule has 2 heterocycles. The molecule has 4 nitrogen and oxygen atoms in total. The first-order valence-corrected chi connectivity index (χ1v) is 10.7. The zero-order valence-electron chi connectivity index (χ0n) is 17.4. The van der Waals surface area contributed by atoms with Crippen LogP contribution in [0.2, 0.25) is 0 Å². The van der Waals surface area contributed by atoms with Crippen LogP contribution in [0.3, 0.4) is 0 Å². The minimum absolute atomic E-state index is 0.0597. The van der Waals surface area contributed by atoms with E-state index in [1.165, 1.54) is 24.8 Å². The fourth-order valence-corrected chi connectivity index (χ4v) is 4.15. The third kappa shape index (κ3) is 4.38. The van der Waals surface area contributed by atoms with Crippen molar-refractivity contribution < 1.29 is 13.9 Å². The Morgan fingerprint density at radius 3 is 2.55 bits per heavy atom. The van der Waals surface area contributed by atoms with Crippen molar-refractivity contribution >= 4 is 16.8 Å². The van der Waals surface area contributed by atoms with E-state index in [0.29, 0.717) is 17.9 Å². The molecule has 0 unspecified atom stereocenters. The Hall–Kier alpha value is -2.59. The van der Waals surface area contributed by atoms with Crippen LogP contribution in [0.1, 0.15) is 53.4 Å². The number of carbonyl (C=O) groups is 1. The van der Waals surface area contributed by atoms with Gasteiger partial charge < -0.3 is 14.1 Å². The number of carbonyl (C=O) groups excluding carboxylic acids is 1. The molecule has 0 spiro atoms. The molecule has 0 saturated carbocycles. The van der Waals surface area contributed by atoms with Crippen molar-refractivity contribution in [1.29, 1.82) is 0 Å². The van der Waals surface area contributed by atoms with E-state index in [1.807, 2.05) is 43.3 Å². The van der Waals surface area contributed by atoms with Crippen molar-refractivity contribution in [2.24, 2.45) is 0 Å². The highest BCUT2D eigenvalue weighted by Crippen LogP contribution is 2.30. The number of fused-ring (bicyclic) bond motifs is 1. The van der Waals surface area contributed by atoms with Gasteiger partial charge >= 0.3 is 0 Å². The molecule has 1 fully saturated rings. The molecule has 2 aromatic carbocycles. The molecule has 1 aromatic heterocycles. The molecule has 1 saturated heterocycles. The summed E-state index contributed by atoms with van der Waals surface area (Å²) in [5.74, 6) is 1.19. The maximum Gasteiger partial charge on any atom is 0.228 e. The highest BCUT2D eigenvalue weighted by Gasteiger charge is 2.23. The fourth-order valence-electron chi connectivity index (χ4n) is 4.15. The van der Waals surface area contributed by atoms with Crippen LogP contribution in [0, 0.1) is 6.92 Å². The molecule has 4 heteroatoms. The maximum atomic E-state index is 13.3. The number of benzene rings is 2. The van der Waals surface area contributed by atoms with Crippen molar-refractivity contribution in [2.45, 2.75) is 39.5 Å². The second kappa shape index (κ2) is 8.83. The number of likely N-dealkylation sites (tertiary alicyclic amines) is 1. The van der Waals surface area contributed by atoms with Crippen molar-refractivity contribution in [1.82, 2.24) is 4.90 Å². The van der Waals surface area contributed by atoms with Crippen molar-refractivity contribution in [2.75, 3.05) is 26.2 Å². The minimum atomic E-state index is -0.0597. The molecular weight excluding hydrogens is 362 g/mol. The first-order chi connectivity index (χ1) is 14.2. The van der Waals surface area contributed by atoms with E-state index in [1.54, 1.807) is 0 Å². The normalized spacial score (nSPS) is 15.0. The van der Waals surface area contributed by atoms with E-state index in [-0.39, 0.29) is 5.78 Å². The number of ketones is 1. The van der Waals surface area contributed by atoms with Gasteiger partial charge in [0.25, 0.3) is 0 Å². The van der Waals surface area contributed by atoms with Gasteiger partial charge in [0.15, 0.2) is 5.76 Å². The van der Waals surface area contributed by atoms with Gasteiger partial charge in [-0.1, -0.05) is 18.1 Å². The number of furan rings is 1. The second-order valence-corrected chi connectivity index (χ2v) is 7.85. The van der Waals surface area contributed by atoms with Gasteiger partial charge in [-0.3, -0.25) is 4.79 Å². The molecule has 1 aliphatic heterocycles. The summed E-state index contributed by atoms with van der Waals surface area (Å²) in [6.45, 7) is 7.90. The summed E-state index contributed by atoms with van der Waals surface area (Å²) in [4.78, 5) is 15.8. The number of ether oxygens (including phenoxy) is 1. The largest absolute Gasteiger partial charge is 0.494 e. The van der Waals surface area contributed by atoms with Crippen LogP contribution in [0.4, 0.5) is 0 Å². The Labute approximate surface area is 172 Å². The van der Waals surface area contributed by atoms with Gasteiger partial charge in [-0.05, 0) is 82.6 Å². The number of hydrogen-bond donors (Lipinski definition) is 0. The van der Waals surface area contributed by atoms with Crippen LogP contribution in [0.25, 0.3) is 11.0 Å². The zero-order chi connectivity index (χ0) is 20.2. The van der Waals surface area contributed by atoms with Crippen LogP contribution in [-0.4, -0.2) is 36.9 Å². The smallest absolute Gasteiger partial charge is 0.228 e. The van der Waals surface area contributed by atoms with Crippen LogP contribution in [-0.2, 0) is 6.42 Å². The molecule has 0 N–H and O–H groups in total. The molecule has 0 amide bonds. The molecule has 4 rings (SSSR count). The summed E-state index contributed by atoms with van der Waals surface area (Å²) in [5.41, 5.74) is 3.63. The number of aryl methyl sites for hydroxylation is 1. The van der Waals surface area contributed by atoms with E-state index in [4.69, 9.17) is 9.15 Å². The van der Waals surface area contributed by atoms with Crippen LogP contribution >= 0.6 is 0 Å². The molecule has 0 aliphatic carbocycles. The fraction of sp³-hybridized carbons (Fsp3) is 0.400. The summed E-state index contributed by atoms with van der Waals surface area (Å²) >= 11 is 0. The third-order valence-electron chi connectivity index (χ3n) is 5.71. The molecular formula is C25H29NO3. The summed E-state index contributed by atoms with van der Waals surface area (Å²) in [5, 5.41) is 1.07. The standard InChI is InChI=1S/C25H29NO3/c1-3-28-20-10-8-19(9-11-20)24(27)25-21(13-16-26-14-5-4-6-15-26)22-17-18(2)7-12-23(22)29-25/h7-12,17H,3-6,13-16H2,1-2H3. The molecule has 152 valence electrons. The summed E-state index contributed by atoms with van der Waals surface area (Å²) < 4.78 is 11.6. The topological polar surface area (TPSA) is 42.7 Å². The lowest BCUT2D eigenvalue weighted by atomic mass is 10.00. The van der Waals surface area contributed by atoms with E-state index in [9.17, 15) is 4.79 Å². The Morgan fingerprint density at radius 1 is 1.07 bits per heavy atom. The number of nitrogens with zero attached hydrogens (tertiary/aromatic N) is 1. The molecule has 0 atom stereocenters. The molecule has 0 radical (unpaired) electrons. The van der Waals surface area contributed by atoms with Crippen molar-refractivity contribution in [3.05, 3.63) is 64.9 Å². The Morgan fingerprint density at radius 2 is 1.83 bits per heavy atom. The summed E-state index contributed by atoms with van der Waals surface area (Å²) in [6.07, 6.45) is 4.69. The van der Waals surface area contributed by atoms with Gasteiger partial charge in [-0.25, -0.2) is 0 Å². The Balaban J connectivity index is 1.65. The third-order valence-corrected chi connectivity index (χ3v) is 5.71. The molecule has 1 aliphatic rings. The van der Waals surface area contributed by atoms with Crippen molar-refractivity contribution in [3.63, 3.8) is 0 Å². The van der Waals surface area contributed by atoms with Crippen LogP contribution in [0.5, 0.6) is 5.75 Å². The van der Waals surface area contributed by atoms with Gasteiger partial charge in [0.1, 0.15) is 11.3 Å². The first-order valence-electron chi connectivity index (χ1n) is 10.7. The zero-order valence-corrected chi connectivity index (χ0v) is 17.4. The van der Waals surface area contributed by atoms with Gasteiger partial charge in [0.05, 0.1) is 6.61 Å². The van der Waals surface area contributed by atoms with Gasteiger partial charge in [0.2, 0.25) is 5.78 Å². The average molecular weight is 392 g/mol. The number of piperidine rings is 1. The van der Waals surface area contributed by atoms with E-state index >= 15 is 0 Å². The quantitative estimate of drug-likeness (QED) is 0.506. The lowest BCUT2D eigenvalue weighted by Crippen LogP contribution is -2.31. The van der Waals surface area contributed by atoms with Gasteiger partial charge in [0, 0.05) is 23.1 Å². The van der Waals surface area contributed by atoms with Gasteiger partial charge in [-0.15, -0.1) is 0 Å². The Kier molecular flexibility index (Phi) is 6.00. The van der Waals surface area contributed by atoms with E-state index < -0.39 is 0 Å². The average Bonchev–Trinajstić information content (AvgIpc) is 3.11.